The van der Waals surface area contributed by atoms with Crippen molar-refractivity contribution in [2.75, 3.05) is 13.7 Å². The van der Waals surface area contributed by atoms with Crippen LogP contribution in [0.5, 0.6) is 0 Å². The summed E-state index contributed by atoms with van der Waals surface area (Å²) in [5.41, 5.74) is 5.95. The minimum Gasteiger partial charge on any atom is -0.469 e. The zero-order valence-electron chi connectivity index (χ0n) is 14.5. The monoisotopic (exact) mass is 439 g/mol. The lowest BCUT2D eigenvalue weighted by Crippen LogP contribution is -2.39. The summed E-state index contributed by atoms with van der Waals surface area (Å²) in [5, 5.41) is 3.37. The van der Waals surface area contributed by atoms with Crippen LogP contribution in [0, 0.1) is 0 Å². The molecule has 1 saturated carbocycles. The van der Waals surface area contributed by atoms with Gasteiger partial charge in [-0.15, -0.1) is 24.0 Å². The summed E-state index contributed by atoms with van der Waals surface area (Å²) in [6.07, 6.45) is 13.6. The van der Waals surface area contributed by atoms with Gasteiger partial charge in [0.15, 0.2) is 5.96 Å². The highest BCUT2D eigenvalue weighted by molar-refractivity contribution is 14.0. The van der Waals surface area contributed by atoms with Gasteiger partial charge in [0.25, 0.3) is 0 Å². The van der Waals surface area contributed by atoms with Gasteiger partial charge in [-0.05, 0) is 25.7 Å². The van der Waals surface area contributed by atoms with Gasteiger partial charge in [-0.2, -0.15) is 0 Å². The number of unbranched alkanes of at least 4 members (excludes halogenated alkanes) is 4. The molecule has 0 atom stereocenters. The Labute approximate surface area is 158 Å². The molecule has 0 heterocycles. The molecule has 5 nitrogen and oxygen atoms in total. The summed E-state index contributed by atoms with van der Waals surface area (Å²) in [6.45, 7) is 0.794. The highest BCUT2D eigenvalue weighted by Crippen LogP contribution is 2.16. The molecule has 0 spiro atoms. The fourth-order valence-corrected chi connectivity index (χ4v) is 2.89. The standard InChI is InChI=1S/C17H33N3O2.HI/c1-22-16(21)13-9-3-2-6-10-14-19-17(18)20-15-11-7-4-5-8-12-15;/h15H,2-14H2,1H3,(H3,18,19,20);1H. The number of carbonyl (C=O) groups is 1. The van der Waals surface area contributed by atoms with Crippen molar-refractivity contribution in [1.82, 2.24) is 5.32 Å². The van der Waals surface area contributed by atoms with Crippen LogP contribution in [0.2, 0.25) is 0 Å². The van der Waals surface area contributed by atoms with E-state index in [4.69, 9.17) is 5.73 Å². The van der Waals surface area contributed by atoms with Gasteiger partial charge >= 0.3 is 5.97 Å². The van der Waals surface area contributed by atoms with E-state index in [-0.39, 0.29) is 29.9 Å². The highest BCUT2D eigenvalue weighted by atomic mass is 127. The van der Waals surface area contributed by atoms with Crippen LogP contribution in [-0.4, -0.2) is 31.6 Å². The van der Waals surface area contributed by atoms with Crippen LogP contribution in [0.3, 0.4) is 0 Å². The topological polar surface area (TPSA) is 76.7 Å². The first-order valence-corrected chi connectivity index (χ1v) is 8.85. The summed E-state index contributed by atoms with van der Waals surface area (Å²) in [6, 6.07) is 0.518. The molecule has 0 aromatic carbocycles. The number of ether oxygens (including phenoxy) is 1. The van der Waals surface area contributed by atoms with Crippen molar-refractivity contribution < 1.29 is 9.53 Å². The number of halogens is 1. The summed E-state index contributed by atoms with van der Waals surface area (Å²) in [4.78, 5) is 15.4. The Morgan fingerprint density at radius 1 is 1.09 bits per heavy atom. The van der Waals surface area contributed by atoms with Gasteiger partial charge in [-0.25, -0.2) is 0 Å². The van der Waals surface area contributed by atoms with Crippen LogP contribution in [0.25, 0.3) is 0 Å². The van der Waals surface area contributed by atoms with Crippen molar-refractivity contribution in [2.24, 2.45) is 10.7 Å². The molecule has 0 bridgehead atoms. The number of nitrogens with zero attached hydrogens (tertiary/aromatic N) is 1. The predicted octanol–water partition coefficient (Wildman–Crippen LogP) is 3.75. The van der Waals surface area contributed by atoms with E-state index in [1.165, 1.54) is 45.6 Å². The molecule has 1 fully saturated rings. The summed E-state index contributed by atoms with van der Waals surface area (Å²) in [5.74, 6) is 0.500. The second-order valence-electron chi connectivity index (χ2n) is 6.19. The maximum Gasteiger partial charge on any atom is 0.305 e. The van der Waals surface area contributed by atoms with E-state index < -0.39 is 0 Å². The Kier molecular flexibility index (Phi) is 14.7. The summed E-state index contributed by atoms with van der Waals surface area (Å²) in [7, 11) is 1.44. The van der Waals surface area contributed by atoms with Gasteiger partial charge in [-0.1, -0.05) is 44.9 Å². The van der Waals surface area contributed by atoms with Crippen molar-refractivity contribution >= 4 is 35.9 Å². The zero-order valence-corrected chi connectivity index (χ0v) is 16.8. The van der Waals surface area contributed by atoms with Gasteiger partial charge in [0.05, 0.1) is 7.11 Å². The van der Waals surface area contributed by atoms with E-state index in [1.807, 2.05) is 0 Å². The Morgan fingerprint density at radius 3 is 2.35 bits per heavy atom. The van der Waals surface area contributed by atoms with Crippen LogP contribution < -0.4 is 11.1 Å². The van der Waals surface area contributed by atoms with E-state index in [9.17, 15) is 4.79 Å². The van der Waals surface area contributed by atoms with E-state index in [1.54, 1.807) is 0 Å². The lowest BCUT2D eigenvalue weighted by molar-refractivity contribution is -0.140. The van der Waals surface area contributed by atoms with Crippen molar-refractivity contribution in [2.45, 2.75) is 83.1 Å². The van der Waals surface area contributed by atoms with Crippen LogP contribution in [0.15, 0.2) is 4.99 Å². The van der Waals surface area contributed by atoms with E-state index in [2.05, 4.69) is 15.0 Å². The second-order valence-corrected chi connectivity index (χ2v) is 6.19. The Hall–Kier alpha value is -0.530. The average Bonchev–Trinajstić information content (AvgIpc) is 2.78. The SMILES string of the molecule is COC(=O)CCCCCCCN=C(N)NC1CCCCCC1.I. The van der Waals surface area contributed by atoms with Crippen LogP contribution in [0.1, 0.15) is 77.0 Å². The number of methoxy groups -OCH3 is 1. The average molecular weight is 439 g/mol. The van der Waals surface area contributed by atoms with Crippen molar-refractivity contribution in [3.05, 3.63) is 0 Å². The van der Waals surface area contributed by atoms with Gasteiger partial charge < -0.3 is 15.8 Å². The maximum atomic E-state index is 10.9. The molecular formula is C17H34IN3O2. The first-order chi connectivity index (χ1) is 10.7. The number of carbonyl (C=O) groups excluding carboxylic acids is 1. The fraction of sp³-hybridized carbons (Fsp3) is 0.882. The molecule has 3 N–H and O–H groups in total. The van der Waals surface area contributed by atoms with E-state index in [0.717, 1.165) is 38.6 Å². The van der Waals surface area contributed by atoms with Gasteiger partial charge in [-0.3, -0.25) is 9.79 Å². The molecule has 0 saturated heterocycles. The van der Waals surface area contributed by atoms with Crippen LogP contribution in [0.4, 0.5) is 0 Å². The van der Waals surface area contributed by atoms with Gasteiger partial charge in [0, 0.05) is 19.0 Å². The third-order valence-corrected chi connectivity index (χ3v) is 4.26. The molecule has 0 unspecified atom stereocenters. The van der Waals surface area contributed by atoms with Gasteiger partial charge in [0.1, 0.15) is 0 Å². The van der Waals surface area contributed by atoms with Crippen LogP contribution in [-0.2, 0) is 9.53 Å². The quantitative estimate of drug-likeness (QED) is 0.143. The molecule has 136 valence electrons. The Morgan fingerprint density at radius 2 is 1.70 bits per heavy atom. The number of nitrogens with one attached hydrogen (secondary N) is 1. The third kappa shape index (κ3) is 12.5. The normalized spacial score (nSPS) is 16.3. The number of hydrogen-bond acceptors (Lipinski definition) is 3. The van der Waals surface area contributed by atoms with Crippen LogP contribution >= 0.6 is 24.0 Å². The lowest BCUT2D eigenvalue weighted by atomic mass is 10.1. The molecule has 6 heteroatoms. The Bertz CT molecular complexity index is 330. The fourth-order valence-electron chi connectivity index (χ4n) is 2.89. The minimum absolute atomic E-state index is 0. The molecule has 0 amide bonds. The molecule has 0 radical (unpaired) electrons. The number of rotatable bonds is 9. The molecule has 1 rings (SSSR count). The number of aliphatic imine (C=N–C) groups is 1. The molecule has 23 heavy (non-hydrogen) atoms. The number of hydrogen-bond donors (Lipinski definition) is 2. The predicted molar refractivity (Wildman–Crippen MR) is 106 cm³/mol. The third-order valence-electron chi connectivity index (χ3n) is 4.26. The summed E-state index contributed by atoms with van der Waals surface area (Å²) >= 11 is 0. The first kappa shape index (κ1) is 22.5. The van der Waals surface area contributed by atoms with Crippen molar-refractivity contribution in [3.63, 3.8) is 0 Å². The molecule has 1 aliphatic rings. The van der Waals surface area contributed by atoms with E-state index >= 15 is 0 Å². The molecule has 0 aliphatic heterocycles. The molecule has 0 aromatic heterocycles. The number of guanidine groups is 1. The van der Waals surface area contributed by atoms with Gasteiger partial charge in [0.2, 0.25) is 0 Å². The van der Waals surface area contributed by atoms with E-state index in [0.29, 0.717) is 18.4 Å². The Balaban J connectivity index is 0.00000484. The summed E-state index contributed by atoms with van der Waals surface area (Å²) < 4.78 is 4.61. The van der Waals surface area contributed by atoms with Crippen molar-refractivity contribution in [3.8, 4) is 0 Å². The second kappa shape index (κ2) is 15.0. The first-order valence-electron chi connectivity index (χ1n) is 8.85. The molecule has 1 aliphatic carbocycles. The maximum absolute atomic E-state index is 10.9. The zero-order chi connectivity index (χ0) is 16.0. The van der Waals surface area contributed by atoms with Crippen molar-refractivity contribution in [1.29, 1.82) is 0 Å². The molecule has 0 aromatic rings. The number of esters is 1. The lowest BCUT2D eigenvalue weighted by Gasteiger charge is -2.16. The molecular weight excluding hydrogens is 405 g/mol. The smallest absolute Gasteiger partial charge is 0.305 e. The highest BCUT2D eigenvalue weighted by Gasteiger charge is 2.11. The number of nitrogens with two attached hydrogens (primary N) is 1. The minimum atomic E-state index is -0.109. The largest absolute Gasteiger partial charge is 0.469 e.